The summed E-state index contributed by atoms with van der Waals surface area (Å²) in [5.74, 6) is 4.14. The van der Waals surface area contributed by atoms with Gasteiger partial charge in [-0.3, -0.25) is 0 Å². The van der Waals surface area contributed by atoms with Gasteiger partial charge in [0.05, 0.1) is 0 Å². The molecule has 2 aromatic carbocycles. The normalized spacial score (nSPS) is 15.8. The van der Waals surface area contributed by atoms with Crippen molar-refractivity contribution in [1.82, 2.24) is 0 Å². The molecule has 0 N–H and O–H groups in total. The van der Waals surface area contributed by atoms with Gasteiger partial charge in [-0.05, 0) is 0 Å². The number of hydrogen-bond acceptors (Lipinski definition) is 4. The second kappa shape index (κ2) is 24.8. The molecule has 2 aliphatic rings. The van der Waals surface area contributed by atoms with Gasteiger partial charge < -0.3 is 24.8 Å². The van der Waals surface area contributed by atoms with Crippen LogP contribution in [0.15, 0.2) is 36.4 Å². The zero-order valence-corrected chi connectivity index (χ0v) is 47.2. The van der Waals surface area contributed by atoms with Crippen molar-refractivity contribution in [3.8, 4) is 23.0 Å². The summed E-state index contributed by atoms with van der Waals surface area (Å²) in [4.78, 5) is 0. The fourth-order valence-electron chi connectivity index (χ4n) is 8.29. The molecule has 2 unspecified atom stereocenters. The van der Waals surface area contributed by atoms with Crippen LogP contribution in [0, 0.1) is 0 Å². The summed E-state index contributed by atoms with van der Waals surface area (Å²) in [6.45, 7) is 32.5. The van der Waals surface area contributed by atoms with Gasteiger partial charge in [0, 0.05) is 9.52 Å². The quantitative estimate of drug-likeness (QED) is 0.111. The predicted octanol–water partition coefficient (Wildman–Crippen LogP) is 8.40. The van der Waals surface area contributed by atoms with Crippen LogP contribution in [0.3, 0.4) is 0 Å². The van der Waals surface area contributed by atoms with Crippen molar-refractivity contribution in [3.05, 3.63) is 58.7 Å². The molecule has 4 nitrogen and oxygen atoms in total. The van der Waals surface area contributed by atoms with Crippen LogP contribution in [0.2, 0.25) is 85.6 Å². The first-order valence-electron chi connectivity index (χ1n) is 22.2. The monoisotopic (exact) mass is 970 g/mol. The Bertz CT molecular complexity index is 1400. The predicted molar refractivity (Wildman–Crippen MR) is 248 cm³/mol. The average Bonchev–Trinajstić information content (AvgIpc) is 3.83. The van der Waals surface area contributed by atoms with Crippen LogP contribution in [-0.2, 0) is 23.2 Å². The van der Waals surface area contributed by atoms with Gasteiger partial charge in [-0.1, -0.05) is 13.1 Å². The summed E-state index contributed by atoms with van der Waals surface area (Å²) in [5, 5.41) is 0. The summed E-state index contributed by atoms with van der Waals surface area (Å²) >= 11 is -1.02. The van der Waals surface area contributed by atoms with Crippen molar-refractivity contribution in [1.29, 1.82) is 0 Å². The third-order valence-electron chi connectivity index (χ3n) is 13.3. The molecule has 0 heterocycles. The molecule has 2 atom stereocenters. The number of benzene rings is 2. The molecule has 2 aromatic rings. The molecule has 12 heteroatoms. The Morgan fingerprint density at radius 3 is 0.946 bits per heavy atom. The van der Waals surface area contributed by atoms with Gasteiger partial charge in [-0.2, -0.15) is 0 Å². The standard InChI is InChI=1S/2C21H35O2Si2.C2H8Si.2ClH.Zr/c2*1-7-24(8-2,9-3)22-20-17-16-18-14-13-15-19(18)21(20)23-25(10-4,11-5)12-6;1-3-2;;;/h2*13-17H,7-12H2,1-6H3;3H2,1-2H3;2*1H;/q;;;;;+2/p-2. The molecule has 4 rings (SSSR count). The van der Waals surface area contributed by atoms with E-state index in [0.717, 1.165) is 95.5 Å². The zero-order chi connectivity index (χ0) is 40.2. The van der Waals surface area contributed by atoms with E-state index in [1.807, 2.05) is 0 Å². The van der Waals surface area contributed by atoms with Gasteiger partial charge in [-0.15, -0.1) is 0 Å². The second-order valence-corrected chi connectivity index (χ2v) is 39.8. The van der Waals surface area contributed by atoms with Gasteiger partial charge in [-0.25, -0.2) is 0 Å². The smallest absolute Gasteiger partial charge is 0.0135 e. The van der Waals surface area contributed by atoms with Crippen LogP contribution in [0.25, 0.3) is 12.2 Å². The van der Waals surface area contributed by atoms with Crippen molar-refractivity contribution in [2.45, 2.75) is 176 Å². The summed E-state index contributed by atoms with van der Waals surface area (Å²) in [7, 11) is -7.19. The van der Waals surface area contributed by atoms with E-state index in [4.69, 9.17) is 17.7 Å². The van der Waals surface area contributed by atoms with Crippen LogP contribution in [0.5, 0.6) is 23.0 Å². The molecule has 0 aromatic heterocycles. The fourth-order valence-corrected chi connectivity index (χ4v) is 22.7. The summed E-state index contributed by atoms with van der Waals surface area (Å²) in [6, 6.07) is 22.9. The second-order valence-electron chi connectivity index (χ2n) is 15.7. The molecular weight excluding hydrogens is 895 g/mol. The van der Waals surface area contributed by atoms with Crippen molar-refractivity contribution >= 4 is 54.9 Å². The topological polar surface area (TPSA) is 36.9 Å². The molecule has 56 heavy (non-hydrogen) atoms. The van der Waals surface area contributed by atoms with E-state index in [2.05, 4.69) is 145 Å². The first-order chi connectivity index (χ1) is 25.9. The minimum Gasteiger partial charge on any atom is -1.00 e. The number of hydrogen-bond donors (Lipinski definition) is 0. The first-order valence-corrected chi connectivity index (χ1v) is 37.9. The summed E-state index contributed by atoms with van der Waals surface area (Å²) in [6.07, 6.45) is 9.82. The molecule has 0 radical (unpaired) electrons. The van der Waals surface area contributed by atoms with Crippen LogP contribution >= 0.6 is 0 Å². The maximum Gasteiger partial charge on any atom is 0.0135 e. The Labute approximate surface area is 375 Å². The van der Waals surface area contributed by atoms with E-state index in [9.17, 15) is 0 Å². The molecule has 0 saturated heterocycles. The van der Waals surface area contributed by atoms with Crippen LogP contribution in [-0.4, -0.2) is 42.8 Å². The van der Waals surface area contributed by atoms with Gasteiger partial charge in [0.15, 0.2) is 0 Å². The van der Waals surface area contributed by atoms with Crippen molar-refractivity contribution in [2.24, 2.45) is 0 Å². The van der Waals surface area contributed by atoms with Crippen molar-refractivity contribution in [2.75, 3.05) is 0 Å². The van der Waals surface area contributed by atoms with Crippen LogP contribution < -0.4 is 42.5 Å². The van der Waals surface area contributed by atoms with Crippen LogP contribution in [0.4, 0.5) is 0 Å². The van der Waals surface area contributed by atoms with E-state index >= 15 is 0 Å². The first kappa shape index (κ1) is 53.7. The number of halogens is 2. The molecule has 0 amide bonds. The molecule has 0 spiro atoms. The fraction of sp³-hybridized carbons (Fsp3) is 0.636. The van der Waals surface area contributed by atoms with E-state index in [1.54, 1.807) is 0 Å². The van der Waals surface area contributed by atoms with E-state index in [0.29, 0.717) is 16.8 Å². The Kier molecular flexibility index (Phi) is 23.8. The minimum absolute atomic E-state index is 0. The van der Waals surface area contributed by atoms with E-state index in [-0.39, 0.29) is 24.8 Å². The Balaban J connectivity index is 0.00000303. The Morgan fingerprint density at radius 2 is 0.696 bits per heavy atom. The van der Waals surface area contributed by atoms with Gasteiger partial charge in [0.1, 0.15) is 0 Å². The molecule has 316 valence electrons. The molecule has 0 fully saturated rings. The molecule has 0 aliphatic heterocycles. The number of fused-ring (bicyclic) bond motifs is 2. The molecule has 2 aliphatic carbocycles. The molecule has 0 bridgehead atoms. The van der Waals surface area contributed by atoms with E-state index < -0.39 is 56.5 Å². The maximum absolute atomic E-state index is 7.32. The Hall–Kier alpha value is -0.332. The largest absolute Gasteiger partial charge is 1.00 e. The van der Waals surface area contributed by atoms with Crippen molar-refractivity contribution in [3.63, 3.8) is 0 Å². The third-order valence-corrected chi connectivity index (χ3v) is 35.6. The number of allylic oxidation sites excluding steroid dienone is 2. The SMILES string of the molecule is CC[Si](CC)(CC)Oc1ccc2c(c1O[Si](CC)(CC)CC)C=C[CH]2[Zr+2][CH]1C=Cc2c1ccc(O[Si](CC)(CC)CC)c2O[Si](CC)(CC)CC.C[SiH2]C.[Cl-].[Cl-]. The number of rotatable bonds is 22. The van der Waals surface area contributed by atoms with E-state index in [1.165, 1.54) is 22.3 Å². The van der Waals surface area contributed by atoms with Crippen LogP contribution in [0.1, 0.15) is 113 Å². The van der Waals surface area contributed by atoms with Crippen molar-refractivity contribution < 1.29 is 65.8 Å². The summed E-state index contributed by atoms with van der Waals surface area (Å²) in [5.41, 5.74) is 5.53. The minimum atomic E-state index is -1.93. The molecular formula is C44H78Cl2O4Si5Zr. The summed E-state index contributed by atoms with van der Waals surface area (Å²) < 4.78 is 29.9. The third kappa shape index (κ3) is 11.9. The maximum atomic E-state index is 7.32. The van der Waals surface area contributed by atoms with Gasteiger partial charge in [0.25, 0.3) is 0 Å². The average molecular weight is 974 g/mol. The van der Waals surface area contributed by atoms with Gasteiger partial charge >= 0.3 is 331 Å². The zero-order valence-electron chi connectivity index (χ0n) is 37.9. The molecule has 0 saturated carbocycles. The Morgan fingerprint density at radius 1 is 0.446 bits per heavy atom. The van der Waals surface area contributed by atoms with Gasteiger partial charge in [0.2, 0.25) is 0 Å².